The molecule has 3 nitrogen and oxygen atoms in total. The first kappa shape index (κ1) is 9.27. The highest BCUT2D eigenvalue weighted by Gasteiger charge is 2.03. The highest BCUT2D eigenvalue weighted by molar-refractivity contribution is 5.70. The second kappa shape index (κ2) is 3.72. The van der Waals surface area contributed by atoms with Crippen LogP contribution in [0.5, 0.6) is 5.75 Å². The number of hydrogen-bond acceptors (Lipinski definition) is 3. The number of carbonyl (C=O) groups excluding carboxylic acids is 1. The van der Waals surface area contributed by atoms with E-state index in [1.54, 1.807) is 18.2 Å². The number of benzene rings is 1. The van der Waals surface area contributed by atoms with Crippen LogP contribution in [-0.2, 0) is 4.79 Å². The molecule has 0 aliphatic rings. The summed E-state index contributed by atoms with van der Waals surface area (Å²) in [5.74, 6) is 0.0738. The maximum absolute atomic E-state index is 10.7. The minimum atomic E-state index is -0.377. The molecule has 0 atom stereocenters. The summed E-state index contributed by atoms with van der Waals surface area (Å²) in [5, 5.41) is 8.60. The van der Waals surface area contributed by atoms with Crippen molar-refractivity contribution < 1.29 is 9.53 Å². The fourth-order valence-electron chi connectivity index (χ4n) is 0.934. The van der Waals surface area contributed by atoms with Crippen LogP contribution < -0.4 is 4.74 Å². The summed E-state index contributed by atoms with van der Waals surface area (Å²) in [5.41, 5.74) is 1.33. The molecule has 0 amide bonds. The minimum Gasteiger partial charge on any atom is -0.426 e. The molecule has 13 heavy (non-hydrogen) atoms. The van der Waals surface area contributed by atoms with Crippen molar-refractivity contribution in [1.29, 1.82) is 5.26 Å². The van der Waals surface area contributed by atoms with E-state index in [4.69, 9.17) is 10.00 Å². The summed E-state index contributed by atoms with van der Waals surface area (Å²) in [6, 6.07) is 6.96. The molecule has 1 rings (SSSR count). The van der Waals surface area contributed by atoms with Gasteiger partial charge in [0.15, 0.2) is 0 Å². The third-order valence-corrected chi connectivity index (χ3v) is 1.57. The Morgan fingerprint density at radius 1 is 1.54 bits per heavy atom. The number of aryl methyl sites for hydroxylation is 1. The van der Waals surface area contributed by atoms with Crippen LogP contribution in [0, 0.1) is 18.3 Å². The summed E-state index contributed by atoms with van der Waals surface area (Å²) in [7, 11) is 0. The third kappa shape index (κ3) is 2.31. The summed E-state index contributed by atoms with van der Waals surface area (Å²) in [6.45, 7) is 3.15. The largest absolute Gasteiger partial charge is 0.426 e. The van der Waals surface area contributed by atoms with Gasteiger partial charge in [0.1, 0.15) is 5.75 Å². The zero-order valence-electron chi connectivity index (χ0n) is 7.50. The van der Waals surface area contributed by atoms with Gasteiger partial charge in [-0.3, -0.25) is 4.79 Å². The van der Waals surface area contributed by atoms with Crippen molar-refractivity contribution in [2.75, 3.05) is 0 Å². The van der Waals surface area contributed by atoms with Gasteiger partial charge in [0.2, 0.25) is 0 Å². The Morgan fingerprint density at radius 3 is 2.77 bits per heavy atom. The lowest BCUT2D eigenvalue weighted by Crippen LogP contribution is -2.02. The van der Waals surface area contributed by atoms with E-state index in [1.165, 1.54) is 6.92 Å². The lowest BCUT2D eigenvalue weighted by atomic mass is 10.1. The van der Waals surface area contributed by atoms with Crippen molar-refractivity contribution in [3.63, 3.8) is 0 Å². The lowest BCUT2D eigenvalue weighted by Gasteiger charge is -2.04. The Kier molecular flexibility index (Phi) is 2.65. The molecular weight excluding hydrogens is 166 g/mol. The van der Waals surface area contributed by atoms with Gasteiger partial charge in [0.05, 0.1) is 11.6 Å². The molecule has 3 heteroatoms. The maximum atomic E-state index is 10.7. The van der Waals surface area contributed by atoms with E-state index in [-0.39, 0.29) is 5.97 Å². The average molecular weight is 175 g/mol. The fourth-order valence-corrected chi connectivity index (χ4v) is 0.934. The molecule has 66 valence electrons. The van der Waals surface area contributed by atoms with Crippen LogP contribution >= 0.6 is 0 Å². The van der Waals surface area contributed by atoms with Gasteiger partial charge in [-0.1, -0.05) is 6.07 Å². The second-order valence-electron chi connectivity index (χ2n) is 2.69. The maximum Gasteiger partial charge on any atom is 0.308 e. The van der Waals surface area contributed by atoms with Crippen LogP contribution in [-0.4, -0.2) is 5.97 Å². The van der Waals surface area contributed by atoms with Crippen molar-refractivity contribution in [2.45, 2.75) is 13.8 Å². The van der Waals surface area contributed by atoms with Crippen molar-refractivity contribution >= 4 is 5.97 Å². The zero-order chi connectivity index (χ0) is 9.84. The van der Waals surface area contributed by atoms with Crippen molar-refractivity contribution in [3.8, 4) is 11.8 Å². The molecule has 1 aromatic carbocycles. The van der Waals surface area contributed by atoms with Gasteiger partial charge in [0, 0.05) is 6.92 Å². The standard InChI is InChI=1S/C10H9NO2/c1-7-3-4-9(6-11)5-10(7)13-8(2)12/h3-5H,1-2H3. The van der Waals surface area contributed by atoms with E-state index in [0.29, 0.717) is 11.3 Å². The number of hydrogen-bond donors (Lipinski definition) is 0. The molecule has 0 bridgehead atoms. The third-order valence-electron chi connectivity index (χ3n) is 1.57. The van der Waals surface area contributed by atoms with E-state index in [0.717, 1.165) is 5.56 Å². The number of esters is 1. The predicted molar refractivity (Wildman–Crippen MR) is 47.2 cm³/mol. The topological polar surface area (TPSA) is 50.1 Å². The Hall–Kier alpha value is -1.82. The molecule has 0 heterocycles. The highest BCUT2D eigenvalue weighted by Crippen LogP contribution is 2.18. The van der Waals surface area contributed by atoms with E-state index < -0.39 is 0 Å². The van der Waals surface area contributed by atoms with Crippen molar-refractivity contribution in [1.82, 2.24) is 0 Å². The highest BCUT2D eigenvalue weighted by atomic mass is 16.5. The first-order valence-corrected chi connectivity index (χ1v) is 3.82. The van der Waals surface area contributed by atoms with Gasteiger partial charge < -0.3 is 4.74 Å². The molecule has 0 aliphatic carbocycles. The molecule has 0 unspecified atom stereocenters. The molecule has 0 spiro atoms. The molecule has 0 N–H and O–H groups in total. The number of carbonyl (C=O) groups is 1. The summed E-state index contributed by atoms with van der Waals surface area (Å²) >= 11 is 0. The molecule has 0 saturated carbocycles. The van der Waals surface area contributed by atoms with Crippen LogP contribution in [0.2, 0.25) is 0 Å². The molecule has 0 saturated heterocycles. The van der Waals surface area contributed by atoms with E-state index in [1.807, 2.05) is 13.0 Å². The number of nitriles is 1. The van der Waals surface area contributed by atoms with Gasteiger partial charge in [-0.2, -0.15) is 5.26 Å². The van der Waals surface area contributed by atoms with Crippen molar-refractivity contribution in [3.05, 3.63) is 29.3 Å². The van der Waals surface area contributed by atoms with Crippen LogP contribution in [0.15, 0.2) is 18.2 Å². The predicted octanol–water partition coefficient (Wildman–Crippen LogP) is 1.79. The smallest absolute Gasteiger partial charge is 0.308 e. The number of nitrogens with zero attached hydrogens (tertiary/aromatic N) is 1. The number of rotatable bonds is 1. The van der Waals surface area contributed by atoms with Gasteiger partial charge in [0.25, 0.3) is 0 Å². The normalized spacial score (nSPS) is 9.00. The summed E-state index contributed by atoms with van der Waals surface area (Å²) in [6.07, 6.45) is 0. The average Bonchev–Trinajstić information content (AvgIpc) is 2.08. The molecule has 0 radical (unpaired) electrons. The second-order valence-corrected chi connectivity index (χ2v) is 2.69. The molecular formula is C10H9NO2. The monoisotopic (exact) mass is 175 g/mol. The zero-order valence-corrected chi connectivity index (χ0v) is 7.50. The first-order valence-electron chi connectivity index (χ1n) is 3.82. The van der Waals surface area contributed by atoms with Crippen LogP contribution in [0.4, 0.5) is 0 Å². The van der Waals surface area contributed by atoms with Gasteiger partial charge in [-0.25, -0.2) is 0 Å². The summed E-state index contributed by atoms with van der Waals surface area (Å²) in [4.78, 5) is 10.7. The summed E-state index contributed by atoms with van der Waals surface area (Å²) < 4.78 is 4.90. The Bertz CT molecular complexity index is 377. The first-order chi connectivity index (χ1) is 6.13. The van der Waals surface area contributed by atoms with Crippen molar-refractivity contribution in [2.24, 2.45) is 0 Å². The fraction of sp³-hybridized carbons (Fsp3) is 0.200. The quantitative estimate of drug-likeness (QED) is 0.483. The van der Waals surface area contributed by atoms with Crippen LogP contribution in [0.25, 0.3) is 0 Å². The molecule has 0 aliphatic heterocycles. The molecule has 0 fully saturated rings. The Labute approximate surface area is 76.6 Å². The molecule has 1 aromatic rings. The van der Waals surface area contributed by atoms with E-state index in [2.05, 4.69) is 0 Å². The van der Waals surface area contributed by atoms with Gasteiger partial charge in [-0.15, -0.1) is 0 Å². The lowest BCUT2D eigenvalue weighted by molar-refractivity contribution is -0.131. The van der Waals surface area contributed by atoms with Crippen LogP contribution in [0.1, 0.15) is 18.1 Å². The number of ether oxygens (including phenoxy) is 1. The minimum absolute atomic E-state index is 0.377. The van der Waals surface area contributed by atoms with Gasteiger partial charge in [-0.05, 0) is 24.6 Å². The van der Waals surface area contributed by atoms with E-state index in [9.17, 15) is 4.79 Å². The van der Waals surface area contributed by atoms with E-state index >= 15 is 0 Å². The Morgan fingerprint density at radius 2 is 2.23 bits per heavy atom. The molecule has 0 aromatic heterocycles. The van der Waals surface area contributed by atoms with Gasteiger partial charge >= 0.3 is 5.97 Å². The Balaban J connectivity index is 3.05. The van der Waals surface area contributed by atoms with Crippen LogP contribution in [0.3, 0.4) is 0 Å². The SMILES string of the molecule is CC(=O)Oc1cc(C#N)ccc1C.